The number of carboxylic acid groups (broad SMARTS) is 1. The fourth-order valence-electron chi connectivity index (χ4n) is 1.54. The second kappa shape index (κ2) is 7.34. The number of methoxy groups -OCH3 is 2. The van der Waals surface area contributed by atoms with Gasteiger partial charge in [-0.05, 0) is 18.6 Å². The molecule has 0 aliphatic carbocycles. The van der Waals surface area contributed by atoms with Crippen molar-refractivity contribution in [2.75, 3.05) is 19.5 Å². The molecule has 0 saturated carbocycles. The molecule has 0 aromatic heterocycles. The molecule has 0 spiro atoms. The number of amides is 1. The van der Waals surface area contributed by atoms with E-state index in [1.54, 1.807) is 18.2 Å². The van der Waals surface area contributed by atoms with Crippen LogP contribution >= 0.6 is 0 Å². The largest absolute Gasteiger partial charge is 0.497 e. The van der Waals surface area contributed by atoms with Crippen molar-refractivity contribution < 1.29 is 24.2 Å². The van der Waals surface area contributed by atoms with E-state index in [-0.39, 0.29) is 12.8 Å². The number of nitrogens with one attached hydrogen (secondary N) is 1. The van der Waals surface area contributed by atoms with Crippen molar-refractivity contribution >= 4 is 17.6 Å². The molecule has 0 aliphatic rings. The molecular formula is C13H18N2O5. The van der Waals surface area contributed by atoms with Crippen LogP contribution in [0, 0.1) is 0 Å². The molecule has 0 heterocycles. The van der Waals surface area contributed by atoms with Gasteiger partial charge in [-0.15, -0.1) is 0 Å². The van der Waals surface area contributed by atoms with Gasteiger partial charge < -0.3 is 25.6 Å². The predicted octanol–water partition coefficient (Wildman–Crippen LogP) is 0.834. The van der Waals surface area contributed by atoms with Crippen LogP contribution in [0.5, 0.6) is 11.5 Å². The Hall–Kier alpha value is -2.28. The third kappa shape index (κ3) is 4.43. The fraction of sp³-hybridized carbons (Fsp3) is 0.385. The van der Waals surface area contributed by atoms with Crippen molar-refractivity contribution in [1.29, 1.82) is 0 Å². The summed E-state index contributed by atoms with van der Waals surface area (Å²) in [7, 11) is 2.99. The molecule has 7 nitrogen and oxygen atoms in total. The minimum Gasteiger partial charge on any atom is -0.497 e. The smallest absolute Gasteiger partial charge is 0.303 e. The van der Waals surface area contributed by atoms with Gasteiger partial charge >= 0.3 is 5.97 Å². The maximum Gasteiger partial charge on any atom is 0.303 e. The Bertz CT molecular complexity index is 490. The van der Waals surface area contributed by atoms with Crippen LogP contribution in [0.4, 0.5) is 5.69 Å². The highest BCUT2D eigenvalue weighted by Gasteiger charge is 2.16. The Morgan fingerprint density at radius 2 is 2.05 bits per heavy atom. The van der Waals surface area contributed by atoms with Gasteiger partial charge in [0.2, 0.25) is 5.91 Å². The maximum atomic E-state index is 11.8. The maximum absolute atomic E-state index is 11.8. The quantitative estimate of drug-likeness (QED) is 0.683. The van der Waals surface area contributed by atoms with E-state index in [0.717, 1.165) is 0 Å². The zero-order valence-electron chi connectivity index (χ0n) is 11.4. The molecule has 20 heavy (non-hydrogen) atoms. The Kier molecular flexibility index (Phi) is 5.79. The molecular weight excluding hydrogens is 264 g/mol. The van der Waals surface area contributed by atoms with Crippen LogP contribution in [0.1, 0.15) is 12.8 Å². The third-order valence-electron chi connectivity index (χ3n) is 2.67. The average Bonchev–Trinajstić information content (AvgIpc) is 2.44. The van der Waals surface area contributed by atoms with Gasteiger partial charge in [-0.3, -0.25) is 9.59 Å². The number of carboxylic acids is 1. The number of benzene rings is 1. The second-order valence-corrected chi connectivity index (χ2v) is 4.09. The summed E-state index contributed by atoms with van der Waals surface area (Å²) in [6.07, 6.45) is -0.0893. The summed E-state index contributed by atoms with van der Waals surface area (Å²) < 4.78 is 10.2. The Morgan fingerprint density at radius 1 is 1.35 bits per heavy atom. The van der Waals surface area contributed by atoms with Crippen LogP contribution in [0.25, 0.3) is 0 Å². The average molecular weight is 282 g/mol. The predicted molar refractivity (Wildman–Crippen MR) is 73.0 cm³/mol. The highest BCUT2D eigenvalue weighted by atomic mass is 16.5. The molecule has 0 radical (unpaired) electrons. The number of carbonyl (C=O) groups is 2. The summed E-state index contributed by atoms with van der Waals surface area (Å²) in [6, 6.07) is 4.02. The van der Waals surface area contributed by atoms with Crippen molar-refractivity contribution in [2.24, 2.45) is 5.73 Å². The molecule has 4 N–H and O–H groups in total. The number of carbonyl (C=O) groups excluding carboxylic acids is 1. The first kappa shape index (κ1) is 15.8. The monoisotopic (exact) mass is 282 g/mol. The molecule has 0 saturated heterocycles. The minimum atomic E-state index is -0.990. The number of hydrogen-bond donors (Lipinski definition) is 3. The lowest BCUT2D eigenvalue weighted by Crippen LogP contribution is -2.36. The molecule has 0 fully saturated rings. The van der Waals surface area contributed by atoms with Gasteiger partial charge in [0, 0.05) is 12.5 Å². The zero-order valence-corrected chi connectivity index (χ0v) is 11.4. The van der Waals surface area contributed by atoms with Gasteiger partial charge in [-0.2, -0.15) is 0 Å². The Balaban J connectivity index is 2.72. The Morgan fingerprint density at radius 3 is 2.60 bits per heavy atom. The number of hydrogen-bond acceptors (Lipinski definition) is 5. The Labute approximate surface area is 116 Å². The van der Waals surface area contributed by atoms with E-state index in [1.165, 1.54) is 14.2 Å². The van der Waals surface area contributed by atoms with Crippen LogP contribution in [-0.2, 0) is 9.59 Å². The van der Waals surface area contributed by atoms with Gasteiger partial charge in [-0.1, -0.05) is 0 Å². The first-order chi connectivity index (χ1) is 9.47. The van der Waals surface area contributed by atoms with E-state index < -0.39 is 17.9 Å². The van der Waals surface area contributed by atoms with Gasteiger partial charge in [-0.25, -0.2) is 0 Å². The topological polar surface area (TPSA) is 111 Å². The van der Waals surface area contributed by atoms with Crippen molar-refractivity contribution in [3.05, 3.63) is 18.2 Å². The standard InChI is InChI=1S/C13H18N2O5/c1-19-8-3-5-10(11(7-8)20-2)15-13(18)9(14)4-6-12(16)17/h3,5,7,9H,4,6,14H2,1-2H3,(H,15,18)(H,16,17). The molecule has 7 heteroatoms. The number of anilines is 1. The van der Waals surface area contributed by atoms with E-state index in [9.17, 15) is 9.59 Å². The van der Waals surface area contributed by atoms with Crippen molar-refractivity contribution in [3.8, 4) is 11.5 Å². The molecule has 1 aromatic rings. The van der Waals surface area contributed by atoms with Crippen LogP contribution in [-0.4, -0.2) is 37.2 Å². The summed E-state index contributed by atoms with van der Waals surface area (Å²) in [6.45, 7) is 0. The molecule has 0 bridgehead atoms. The number of aliphatic carboxylic acids is 1. The number of ether oxygens (including phenoxy) is 2. The third-order valence-corrected chi connectivity index (χ3v) is 2.67. The van der Waals surface area contributed by atoms with E-state index in [0.29, 0.717) is 17.2 Å². The van der Waals surface area contributed by atoms with Gasteiger partial charge in [0.1, 0.15) is 11.5 Å². The van der Waals surface area contributed by atoms with Gasteiger partial charge in [0.05, 0.1) is 25.9 Å². The van der Waals surface area contributed by atoms with Crippen molar-refractivity contribution in [3.63, 3.8) is 0 Å². The summed E-state index contributed by atoms with van der Waals surface area (Å²) in [5.74, 6) is -0.428. The lowest BCUT2D eigenvalue weighted by molar-refractivity contribution is -0.137. The first-order valence-corrected chi connectivity index (χ1v) is 5.98. The molecule has 110 valence electrons. The SMILES string of the molecule is COc1ccc(NC(=O)C(N)CCC(=O)O)c(OC)c1. The minimum absolute atomic E-state index is 0.0691. The van der Waals surface area contributed by atoms with Crippen LogP contribution in [0.15, 0.2) is 18.2 Å². The summed E-state index contributed by atoms with van der Waals surface area (Å²) in [4.78, 5) is 22.3. The highest BCUT2D eigenvalue weighted by molar-refractivity contribution is 5.96. The molecule has 1 rings (SSSR count). The lowest BCUT2D eigenvalue weighted by Gasteiger charge is -2.14. The fourth-order valence-corrected chi connectivity index (χ4v) is 1.54. The highest BCUT2D eigenvalue weighted by Crippen LogP contribution is 2.29. The molecule has 1 unspecified atom stereocenters. The number of nitrogens with two attached hydrogens (primary N) is 1. The molecule has 1 atom stereocenters. The second-order valence-electron chi connectivity index (χ2n) is 4.09. The molecule has 0 aliphatic heterocycles. The van der Waals surface area contributed by atoms with Crippen LogP contribution in [0.2, 0.25) is 0 Å². The lowest BCUT2D eigenvalue weighted by atomic mass is 10.1. The zero-order chi connectivity index (χ0) is 15.1. The summed E-state index contributed by atoms with van der Waals surface area (Å²) in [5, 5.41) is 11.2. The van der Waals surface area contributed by atoms with E-state index >= 15 is 0 Å². The summed E-state index contributed by atoms with van der Waals surface area (Å²) in [5.41, 5.74) is 6.07. The first-order valence-electron chi connectivity index (χ1n) is 5.98. The summed E-state index contributed by atoms with van der Waals surface area (Å²) >= 11 is 0. The van der Waals surface area contributed by atoms with Crippen molar-refractivity contribution in [1.82, 2.24) is 0 Å². The van der Waals surface area contributed by atoms with Gasteiger partial charge in [0.25, 0.3) is 0 Å². The van der Waals surface area contributed by atoms with Crippen molar-refractivity contribution in [2.45, 2.75) is 18.9 Å². The molecule has 1 aromatic carbocycles. The van der Waals surface area contributed by atoms with Crippen LogP contribution in [0.3, 0.4) is 0 Å². The normalized spacial score (nSPS) is 11.6. The number of rotatable bonds is 7. The van der Waals surface area contributed by atoms with Crippen LogP contribution < -0.4 is 20.5 Å². The molecule has 1 amide bonds. The van der Waals surface area contributed by atoms with E-state index in [4.69, 9.17) is 20.3 Å². The van der Waals surface area contributed by atoms with Gasteiger partial charge in [0.15, 0.2) is 0 Å². The van der Waals surface area contributed by atoms with E-state index in [2.05, 4.69) is 5.32 Å². The van der Waals surface area contributed by atoms with E-state index in [1.807, 2.05) is 0 Å².